The zero-order valence-corrected chi connectivity index (χ0v) is 14.0. The van der Waals surface area contributed by atoms with Crippen LogP contribution in [0.5, 0.6) is 0 Å². The highest BCUT2D eigenvalue weighted by Gasteiger charge is 2.19. The fraction of sp³-hybridized carbons (Fsp3) is 0.471. The number of hydrogen-bond acceptors (Lipinski definition) is 3. The van der Waals surface area contributed by atoms with Gasteiger partial charge >= 0.3 is 0 Å². The van der Waals surface area contributed by atoms with E-state index in [2.05, 4.69) is 11.8 Å². The number of carbonyl (C=O) groups excluding carboxylic acids is 1. The molecular weight excluding hydrogens is 282 g/mol. The number of thioether (sulfide) groups is 1. The highest BCUT2D eigenvalue weighted by molar-refractivity contribution is 7.98. The summed E-state index contributed by atoms with van der Waals surface area (Å²) < 4.78 is 0. The summed E-state index contributed by atoms with van der Waals surface area (Å²) >= 11 is 1.72. The van der Waals surface area contributed by atoms with E-state index in [0.717, 1.165) is 16.9 Å². The van der Waals surface area contributed by atoms with Crippen LogP contribution in [0, 0.1) is 18.8 Å². The van der Waals surface area contributed by atoms with Crippen LogP contribution in [0.4, 0.5) is 0 Å². The van der Waals surface area contributed by atoms with E-state index >= 15 is 0 Å². The molecule has 4 heteroatoms. The van der Waals surface area contributed by atoms with Gasteiger partial charge in [0.1, 0.15) is 0 Å². The topological polar surface area (TPSA) is 40.5 Å². The number of rotatable bonds is 5. The number of nitrogens with zero attached hydrogens (tertiary/aromatic N) is 1. The predicted molar refractivity (Wildman–Crippen MR) is 89.7 cm³/mol. The van der Waals surface area contributed by atoms with Crippen molar-refractivity contribution in [2.75, 3.05) is 25.7 Å². The average molecular weight is 305 g/mol. The molecule has 0 bridgehead atoms. The SMILES string of the molecule is CSCC(C)N(C)C(=O)c1ccc(C)cc1C#CCCO. The first kappa shape index (κ1) is 17.6. The van der Waals surface area contributed by atoms with Crippen LogP contribution in [0.1, 0.15) is 34.8 Å². The van der Waals surface area contributed by atoms with Crippen molar-refractivity contribution in [1.82, 2.24) is 4.90 Å². The largest absolute Gasteiger partial charge is 0.395 e. The highest BCUT2D eigenvalue weighted by atomic mass is 32.2. The van der Waals surface area contributed by atoms with E-state index in [-0.39, 0.29) is 18.6 Å². The van der Waals surface area contributed by atoms with Crippen LogP contribution in [-0.4, -0.2) is 47.6 Å². The normalized spacial score (nSPS) is 11.5. The molecule has 0 aliphatic carbocycles. The second kappa shape index (κ2) is 8.76. The van der Waals surface area contributed by atoms with Gasteiger partial charge < -0.3 is 10.0 Å². The number of aryl methyl sites for hydroxylation is 1. The molecule has 0 aliphatic heterocycles. The van der Waals surface area contributed by atoms with E-state index in [9.17, 15) is 4.79 Å². The third kappa shape index (κ3) is 5.11. The van der Waals surface area contributed by atoms with Gasteiger partial charge in [-0.1, -0.05) is 17.9 Å². The van der Waals surface area contributed by atoms with Crippen molar-refractivity contribution in [3.63, 3.8) is 0 Å². The Morgan fingerprint density at radius 1 is 1.48 bits per heavy atom. The van der Waals surface area contributed by atoms with Crippen LogP contribution in [0.15, 0.2) is 18.2 Å². The first-order valence-corrected chi connectivity index (χ1v) is 8.37. The third-order valence-electron chi connectivity index (χ3n) is 3.25. The van der Waals surface area contributed by atoms with Crippen LogP contribution in [0.2, 0.25) is 0 Å². The molecule has 1 aromatic carbocycles. The van der Waals surface area contributed by atoms with Gasteiger partial charge in [-0.2, -0.15) is 11.8 Å². The van der Waals surface area contributed by atoms with Gasteiger partial charge in [-0.3, -0.25) is 4.79 Å². The quantitative estimate of drug-likeness (QED) is 0.850. The van der Waals surface area contributed by atoms with Crippen molar-refractivity contribution in [3.05, 3.63) is 34.9 Å². The summed E-state index contributed by atoms with van der Waals surface area (Å²) in [4.78, 5) is 14.4. The Morgan fingerprint density at radius 2 is 2.19 bits per heavy atom. The van der Waals surface area contributed by atoms with E-state index in [0.29, 0.717) is 12.0 Å². The van der Waals surface area contributed by atoms with Gasteiger partial charge in [0.05, 0.1) is 12.2 Å². The Bertz CT molecular complexity index is 545. The lowest BCUT2D eigenvalue weighted by Crippen LogP contribution is -2.37. The first-order valence-electron chi connectivity index (χ1n) is 6.97. The minimum absolute atomic E-state index is 0.00940. The minimum atomic E-state index is -0.00940. The molecule has 0 aromatic heterocycles. The molecule has 0 saturated carbocycles. The smallest absolute Gasteiger partial charge is 0.255 e. The Kier molecular flexibility index (Phi) is 7.35. The molecule has 1 rings (SSSR count). The monoisotopic (exact) mass is 305 g/mol. The molecular formula is C17H23NO2S. The summed E-state index contributed by atoms with van der Waals surface area (Å²) in [5, 5.41) is 8.82. The van der Waals surface area contributed by atoms with Crippen molar-refractivity contribution in [1.29, 1.82) is 0 Å². The van der Waals surface area contributed by atoms with Crippen molar-refractivity contribution in [3.8, 4) is 11.8 Å². The van der Waals surface area contributed by atoms with Gasteiger partial charge in [0.25, 0.3) is 5.91 Å². The lowest BCUT2D eigenvalue weighted by Gasteiger charge is -2.25. The maximum Gasteiger partial charge on any atom is 0.255 e. The number of hydrogen-bond donors (Lipinski definition) is 1. The number of aliphatic hydroxyl groups excluding tert-OH is 1. The Balaban J connectivity index is 3.06. The molecule has 1 atom stereocenters. The van der Waals surface area contributed by atoms with Gasteiger partial charge in [0.2, 0.25) is 0 Å². The van der Waals surface area contributed by atoms with Crippen LogP contribution in [0.3, 0.4) is 0 Å². The summed E-state index contributed by atoms with van der Waals surface area (Å²) in [7, 11) is 1.83. The molecule has 114 valence electrons. The molecule has 0 spiro atoms. The van der Waals surface area contributed by atoms with Gasteiger partial charge in [-0.25, -0.2) is 0 Å². The number of benzene rings is 1. The average Bonchev–Trinajstić information content (AvgIpc) is 2.46. The molecule has 1 unspecified atom stereocenters. The number of carbonyl (C=O) groups is 1. The molecule has 1 aromatic rings. The molecule has 3 nitrogen and oxygen atoms in total. The number of aliphatic hydroxyl groups is 1. The summed E-state index contributed by atoms with van der Waals surface area (Å²) in [5.41, 5.74) is 2.43. The zero-order valence-electron chi connectivity index (χ0n) is 13.1. The van der Waals surface area contributed by atoms with Gasteiger partial charge in [-0.05, 0) is 37.8 Å². The lowest BCUT2D eigenvalue weighted by molar-refractivity contribution is 0.0757. The van der Waals surface area contributed by atoms with Crippen LogP contribution in [-0.2, 0) is 0 Å². The van der Waals surface area contributed by atoms with E-state index in [4.69, 9.17) is 5.11 Å². The standard InChI is InChI=1S/C17H23NO2S/c1-13-8-9-16(15(11-13)7-5-6-10-19)17(20)18(3)14(2)12-21-4/h8-9,11,14,19H,6,10,12H2,1-4H3. The maximum atomic E-state index is 12.6. The molecule has 1 N–H and O–H groups in total. The van der Waals surface area contributed by atoms with Gasteiger partial charge in [0, 0.05) is 30.8 Å². The first-order chi connectivity index (χ1) is 10.0. The fourth-order valence-electron chi connectivity index (χ4n) is 1.90. The Morgan fingerprint density at radius 3 is 2.81 bits per heavy atom. The number of amides is 1. The maximum absolute atomic E-state index is 12.6. The Hall–Kier alpha value is -1.44. The predicted octanol–water partition coefficient (Wildman–Crippen LogP) is 2.55. The van der Waals surface area contributed by atoms with Crippen LogP contribution < -0.4 is 0 Å². The second-order valence-corrected chi connectivity index (χ2v) is 5.96. The molecule has 1 amide bonds. The molecule has 21 heavy (non-hydrogen) atoms. The third-order valence-corrected chi connectivity index (χ3v) is 4.07. The minimum Gasteiger partial charge on any atom is -0.395 e. The van der Waals surface area contributed by atoms with Gasteiger partial charge in [-0.15, -0.1) is 0 Å². The molecule has 0 radical (unpaired) electrons. The van der Waals surface area contributed by atoms with E-state index < -0.39 is 0 Å². The molecule has 0 saturated heterocycles. The van der Waals surface area contributed by atoms with Crippen molar-refractivity contribution >= 4 is 17.7 Å². The zero-order chi connectivity index (χ0) is 15.8. The van der Waals surface area contributed by atoms with Crippen LogP contribution >= 0.6 is 11.8 Å². The van der Waals surface area contributed by atoms with Crippen molar-refractivity contribution < 1.29 is 9.90 Å². The molecule has 0 aliphatic rings. The molecule has 0 fully saturated rings. The Labute approximate surface area is 131 Å². The highest BCUT2D eigenvalue weighted by Crippen LogP contribution is 2.15. The fourth-order valence-corrected chi connectivity index (χ4v) is 2.61. The second-order valence-electron chi connectivity index (χ2n) is 5.04. The van der Waals surface area contributed by atoms with E-state index in [1.807, 2.05) is 45.4 Å². The van der Waals surface area contributed by atoms with Gasteiger partial charge in [0.15, 0.2) is 0 Å². The van der Waals surface area contributed by atoms with Crippen molar-refractivity contribution in [2.24, 2.45) is 0 Å². The van der Waals surface area contributed by atoms with E-state index in [1.54, 1.807) is 16.7 Å². The summed E-state index contributed by atoms with van der Waals surface area (Å²) in [6.45, 7) is 4.05. The molecule has 0 heterocycles. The van der Waals surface area contributed by atoms with Crippen molar-refractivity contribution in [2.45, 2.75) is 26.3 Å². The lowest BCUT2D eigenvalue weighted by atomic mass is 10.0. The van der Waals surface area contributed by atoms with Crippen LogP contribution in [0.25, 0.3) is 0 Å². The van der Waals surface area contributed by atoms with E-state index in [1.165, 1.54) is 0 Å². The summed E-state index contributed by atoms with van der Waals surface area (Å²) in [5.74, 6) is 6.78. The summed E-state index contributed by atoms with van der Waals surface area (Å²) in [6, 6.07) is 5.86. The summed E-state index contributed by atoms with van der Waals surface area (Å²) in [6.07, 6.45) is 2.45.